The number of carbonyl (C=O) groups excluding carboxylic acids is 1. The summed E-state index contributed by atoms with van der Waals surface area (Å²) in [4.78, 5) is 14.2. The lowest BCUT2D eigenvalue weighted by atomic mass is 9.96. The van der Waals surface area contributed by atoms with Crippen LogP contribution in [0.4, 0.5) is 5.69 Å². The number of benzene rings is 3. The average molecular weight is 497 g/mol. The van der Waals surface area contributed by atoms with Crippen molar-refractivity contribution in [1.82, 2.24) is 5.32 Å². The summed E-state index contributed by atoms with van der Waals surface area (Å²) in [5.74, 6) is 0.237. The second kappa shape index (κ2) is 11.6. The zero-order valence-corrected chi connectivity index (χ0v) is 21.7. The Labute approximate surface area is 207 Å². The van der Waals surface area contributed by atoms with Gasteiger partial charge < -0.3 is 5.32 Å². The molecular formula is C27H32N2O3S2. The summed E-state index contributed by atoms with van der Waals surface area (Å²) in [6.45, 7) is 6.34. The van der Waals surface area contributed by atoms with E-state index in [2.05, 4.69) is 19.2 Å². The van der Waals surface area contributed by atoms with E-state index in [0.717, 1.165) is 16.9 Å². The van der Waals surface area contributed by atoms with Crippen LogP contribution in [0.5, 0.6) is 0 Å². The normalized spacial score (nSPS) is 12.4. The van der Waals surface area contributed by atoms with Gasteiger partial charge in [-0.3, -0.25) is 9.10 Å². The molecule has 3 aromatic rings. The molecule has 5 nitrogen and oxygen atoms in total. The minimum Gasteiger partial charge on any atom is -0.345 e. The number of hydrogen-bond donors (Lipinski definition) is 1. The molecular weight excluding hydrogens is 464 g/mol. The van der Waals surface area contributed by atoms with E-state index in [0.29, 0.717) is 17.2 Å². The maximum Gasteiger partial charge on any atom is 0.264 e. The first-order valence-corrected chi connectivity index (χ1v) is 14.1. The van der Waals surface area contributed by atoms with Crippen LogP contribution in [0, 0.1) is 5.92 Å². The number of amides is 1. The maximum absolute atomic E-state index is 13.2. The third kappa shape index (κ3) is 6.21. The molecule has 0 fully saturated rings. The predicted octanol–water partition coefficient (Wildman–Crippen LogP) is 6.14. The summed E-state index contributed by atoms with van der Waals surface area (Å²) in [5, 5.41) is 3.14. The molecule has 0 radical (unpaired) electrons. The van der Waals surface area contributed by atoms with Crippen molar-refractivity contribution in [1.29, 1.82) is 0 Å². The van der Waals surface area contributed by atoms with Gasteiger partial charge in [-0.1, -0.05) is 44.2 Å². The molecule has 0 unspecified atom stereocenters. The highest BCUT2D eigenvalue weighted by Crippen LogP contribution is 2.26. The Morgan fingerprint density at radius 2 is 1.56 bits per heavy atom. The molecule has 0 aliphatic heterocycles. The Balaban J connectivity index is 1.80. The topological polar surface area (TPSA) is 66.5 Å². The van der Waals surface area contributed by atoms with Gasteiger partial charge in [-0.2, -0.15) is 0 Å². The number of carbonyl (C=O) groups is 1. The van der Waals surface area contributed by atoms with Gasteiger partial charge in [0.05, 0.1) is 16.6 Å². The molecule has 0 aromatic heterocycles. The molecule has 0 saturated carbocycles. The summed E-state index contributed by atoms with van der Waals surface area (Å²) in [6.07, 6.45) is 2.77. The summed E-state index contributed by atoms with van der Waals surface area (Å²) >= 11 is 1.56. The van der Waals surface area contributed by atoms with Crippen molar-refractivity contribution in [2.24, 2.45) is 5.92 Å². The number of nitrogens with one attached hydrogen (secondary N) is 1. The van der Waals surface area contributed by atoms with Gasteiger partial charge in [0.2, 0.25) is 0 Å². The standard InChI is InChI=1S/C27H32N2O3S2/c1-5-29(34(31,32)25-17-15-24(33-4)16-18-25)23-13-11-22(12-14-23)27(30)28-26(19-20(2)3)21-9-7-6-8-10-21/h6-18,20,26H,5,19H2,1-4H3,(H,28,30)/t26-/m1/s1. The maximum atomic E-state index is 13.2. The van der Waals surface area contributed by atoms with Crippen LogP contribution in [-0.4, -0.2) is 27.1 Å². The molecule has 1 atom stereocenters. The molecule has 0 heterocycles. The Kier molecular flexibility index (Phi) is 8.80. The van der Waals surface area contributed by atoms with Gasteiger partial charge >= 0.3 is 0 Å². The second-order valence-electron chi connectivity index (χ2n) is 8.46. The first-order valence-electron chi connectivity index (χ1n) is 11.4. The molecule has 0 saturated heterocycles. The summed E-state index contributed by atoms with van der Waals surface area (Å²) in [7, 11) is -3.71. The predicted molar refractivity (Wildman–Crippen MR) is 141 cm³/mol. The Hall–Kier alpha value is -2.77. The smallest absolute Gasteiger partial charge is 0.264 e. The van der Waals surface area contributed by atoms with Crippen LogP contribution in [-0.2, 0) is 10.0 Å². The number of nitrogens with zero attached hydrogens (tertiary/aromatic N) is 1. The van der Waals surface area contributed by atoms with E-state index in [9.17, 15) is 13.2 Å². The molecule has 180 valence electrons. The molecule has 0 bridgehead atoms. The van der Waals surface area contributed by atoms with Gasteiger partial charge in [-0.15, -0.1) is 11.8 Å². The Bertz CT molecular complexity index is 1180. The van der Waals surface area contributed by atoms with E-state index in [1.807, 2.05) is 36.6 Å². The molecule has 1 N–H and O–H groups in total. The van der Waals surface area contributed by atoms with Crippen LogP contribution in [0.2, 0.25) is 0 Å². The lowest BCUT2D eigenvalue weighted by Crippen LogP contribution is -2.31. The second-order valence-corrected chi connectivity index (χ2v) is 11.2. The van der Waals surface area contributed by atoms with E-state index in [1.165, 1.54) is 4.31 Å². The van der Waals surface area contributed by atoms with Crippen molar-refractivity contribution >= 4 is 33.4 Å². The lowest BCUT2D eigenvalue weighted by molar-refractivity contribution is 0.0932. The van der Waals surface area contributed by atoms with Crippen LogP contribution in [0.15, 0.2) is 88.7 Å². The average Bonchev–Trinajstić information content (AvgIpc) is 2.84. The fourth-order valence-corrected chi connectivity index (χ4v) is 5.70. The molecule has 0 aliphatic rings. The minimum atomic E-state index is -3.71. The number of thioether (sulfide) groups is 1. The highest BCUT2D eigenvalue weighted by atomic mass is 32.2. The van der Waals surface area contributed by atoms with Gasteiger partial charge in [0.1, 0.15) is 0 Å². The Morgan fingerprint density at radius 3 is 2.09 bits per heavy atom. The van der Waals surface area contributed by atoms with Gasteiger partial charge in [0.15, 0.2) is 0 Å². The fraction of sp³-hybridized carbons (Fsp3) is 0.296. The van der Waals surface area contributed by atoms with Gasteiger partial charge in [0, 0.05) is 17.0 Å². The van der Waals surface area contributed by atoms with Crippen LogP contribution in [0.3, 0.4) is 0 Å². The fourth-order valence-electron chi connectivity index (χ4n) is 3.82. The summed E-state index contributed by atoms with van der Waals surface area (Å²) in [5.41, 5.74) is 2.08. The van der Waals surface area contributed by atoms with Crippen molar-refractivity contribution in [3.8, 4) is 0 Å². The van der Waals surface area contributed by atoms with E-state index in [4.69, 9.17) is 0 Å². The minimum absolute atomic E-state index is 0.0925. The van der Waals surface area contributed by atoms with Crippen molar-refractivity contribution in [3.63, 3.8) is 0 Å². The van der Waals surface area contributed by atoms with Crippen LogP contribution in [0.25, 0.3) is 0 Å². The van der Waals surface area contributed by atoms with Crippen molar-refractivity contribution < 1.29 is 13.2 Å². The van der Waals surface area contributed by atoms with Crippen molar-refractivity contribution in [2.75, 3.05) is 17.1 Å². The SMILES string of the molecule is CCN(c1ccc(C(=O)N[C@H](CC(C)C)c2ccccc2)cc1)S(=O)(=O)c1ccc(SC)cc1. The number of anilines is 1. The van der Waals surface area contributed by atoms with Gasteiger partial charge in [0.25, 0.3) is 15.9 Å². The first-order chi connectivity index (χ1) is 16.3. The molecule has 3 aromatic carbocycles. The number of sulfonamides is 1. The zero-order chi connectivity index (χ0) is 24.7. The monoisotopic (exact) mass is 496 g/mol. The molecule has 1 amide bonds. The highest BCUT2D eigenvalue weighted by molar-refractivity contribution is 7.98. The summed E-state index contributed by atoms with van der Waals surface area (Å²) < 4.78 is 27.8. The lowest BCUT2D eigenvalue weighted by Gasteiger charge is -2.24. The molecule has 34 heavy (non-hydrogen) atoms. The number of rotatable bonds is 10. The largest absolute Gasteiger partial charge is 0.345 e. The third-order valence-corrected chi connectivity index (χ3v) is 8.23. The molecule has 0 aliphatic carbocycles. The van der Waals surface area contributed by atoms with E-state index < -0.39 is 10.0 Å². The first kappa shape index (κ1) is 25.8. The molecule has 0 spiro atoms. The van der Waals surface area contributed by atoms with Crippen molar-refractivity contribution in [2.45, 2.75) is 43.0 Å². The van der Waals surface area contributed by atoms with Gasteiger partial charge in [-0.25, -0.2) is 8.42 Å². The molecule has 7 heteroatoms. The quantitative estimate of drug-likeness (QED) is 0.342. The van der Waals surface area contributed by atoms with Crippen molar-refractivity contribution in [3.05, 3.63) is 90.0 Å². The molecule has 3 rings (SSSR count). The number of hydrogen-bond acceptors (Lipinski definition) is 4. The zero-order valence-electron chi connectivity index (χ0n) is 20.1. The van der Waals surface area contributed by atoms with Crippen LogP contribution < -0.4 is 9.62 Å². The van der Waals surface area contributed by atoms with E-state index in [-0.39, 0.29) is 23.4 Å². The highest BCUT2D eigenvalue weighted by Gasteiger charge is 2.24. The van der Waals surface area contributed by atoms with Crippen LogP contribution in [0.1, 0.15) is 49.2 Å². The van der Waals surface area contributed by atoms with Gasteiger partial charge in [-0.05, 0) is 79.6 Å². The van der Waals surface area contributed by atoms with E-state index >= 15 is 0 Å². The Morgan fingerprint density at radius 1 is 0.941 bits per heavy atom. The third-order valence-electron chi connectivity index (χ3n) is 5.57. The summed E-state index contributed by atoms with van der Waals surface area (Å²) in [6, 6.07) is 23.4. The van der Waals surface area contributed by atoms with Crippen LogP contribution >= 0.6 is 11.8 Å². The van der Waals surface area contributed by atoms with E-state index in [1.54, 1.807) is 67.2 Å².